The Kier molecular flexibility index (Phi) is 3.31. The summed E-state index contributed by atoms with van der Waals surface area (Å²) in [6.45, 7) is 0.579. The van der Waals surface area contributed by atoms with Crippen molar-refractivity contribution in [3.63, 3.8) is 0 Å². The molecule has 0 radical (unpaired) electrons. The van der Waals surface area contributed by atoms with Crippen LogP contribution in [-0.2, 0) is 14.3 Å². The van der Waals surface area contributed by atoms with E-state index in [9.17, 15) is 9.59 Å². The van der Waals surface area contributed by atoms with Gasteiger partial charge in [0.15, 0.2) is 0 Å². The highest BCUT2D eigenvalue weighted by molar-refractivity contribution is 5.99. The molecule has 6 nitrogen and oxygen atoms in total. The number of carbonyl (C=O) groups is 2. The third kappa shape index (κ3) is 2.22. The molecule has 0 spiro atoms. The molecule has 0 aliphatic carbocycles. The maximum atomic E-state index is 12.5. The van der Waals surface area contributed by atoms with Gasteiger partial charge >= 0.3 is 5.97 Å². The van der Waals surface area contributed by atoms with Gasteiger partial charge in [0.2, 0.25) is 6.10 Å². The van der Waals surface area contributed by atoms with Crippen LogP contribution >= 0.6 is 0 Å². The molecule has 1 aromatic carbocycles. The third-order valence-electron chi connectivity index (χ3n) is 3.52. The van der Waals surface area contributed by atoms with Crippen molar-refractivity contribution in [2.45, 2.75) is 25.0 Å². The van der Waals surface area contributed by atoms with Crippen LogP contribution in [0.2, 0.25) is 0 Å². The van der Waals surface area contributed by atoms with Crippen LogP contribution in [0.3, 0.4) is 0 Å². The zero-order valence-electron chi connectivity index (χ0n) is 10.8. The number of fused-ring (bicyclic) bond motifs is 1. The Hall–Kier alpha value is -2.08. The van der Waals surface area contributed by atoms with Crippen LogP contribution in [0.4, 0.5) is 5.69 Å². The van der Waals surface area contributed by atoms with E-state index in [1.807, 2.05) is 0 Å². The number of anilines is 1. The maximum Gasteiger partial charge on any atom is 0.346 e. The van der Waals surface area contributed by atoms with Crippen LogP contribution in [0.5, 0.6) is 5.75 Å². The Morgan fingerprint density at radius 3 is 2.75 bits per heavy atom. The van der Waals surface area contributed by atoms with Crippen molar-refractivity contribution in [1.29, 1.82) is 0 Å². The number of carboxylic acids is 1. The molecule has 1 saturated heterocycles. The third-order valence-corrected chi connectivity index (χ3v) is 3.52. The molecule has 106 valence electrons. The minimum atomic E-state index is -1.08. The molecular weight excluding hydrogens is 262 g/mol. The van der Waals surface area contributed by atoms with Gasteiger partial charge in [0, 0.05) is 6.61 Å². The van der Waals surface area contributed by atoms with E-state index >= 15 is 0 Å². The summed E-state index contributed by atoms with van der Waals surface area (Å²) in [4.78, 5) is 25.1. The largest absolute Gasteiger partial charge is 0.478 e. The lowest BCUT2D eigenvalue weighted by Gasteiger charge is -2.34. The van der Waals surface area contributed by atoms with Crippen molar-refractivity contribution >= 4 is 17.6 Å². The second kappa shape index (κ2) is 5.13. The number of hydrogen-bond acceptors (Lipinski definition) is 4. The summed E-state index contributed by atoms with van der Waals surface area (Å²) >= 11 is 0. The van der Waals surface area contributed by atoms with E-state index in [0.29, 0.717) is 24.5 Å². The molecule has 2 aliphatic heterocycles. The van der Waals surface area contributed by atoms with E-state index in [2.05, 4.69) is 0 Å². The second-order valence-electron chi connectivity index (χ2n) is 4.86. The zero-order valence-corrected chi connectivity index (χ0v) is 10.8. The number of nitrogens with zero attached hydrogens (tertiary/aromatic N) is 1. The van der Waals surface area contributed by atoms with Crippen molar-refractivity contribution < 1.29 is 24.2 Å². The highest BCUT2D eigenvalue weighted by Crippen LogP contribution is 2.34. The number of ether oxygens (including phenoxy) is 2. The molecule has 0 saturated carbocycles. The van der Waals surface area contributed by atoms with Gasteiger partial charge in [0.1, 0.15) is 11.9 Å². The van der Waals surface area contributed by atoms with Gasteiger partial charge in [-0.3, -0.25) is 4.79 Å². The summed E-state index contributed by atoms with van der Waals surface area (Å²) in [5, 5.41) is 9.13. The highest BCUT2D eigenvalue weighted by Gasteiger charge is 2.37. The van der Waals surface area contributed by atoms with E-state index in [1.165, 1.54) is 4.90 Å². The van der Waals surface area contributed by atoms with Gasteiger partial charge in [0.25, 0.3) is 5.91 Å². The van der Waals surface area contributed by atoms with E-state index in [4.69, 9.17) is 14.6 Å². The number of rotatable bonds is 2. The summed E-state index contributed by atoms with van der Waals surface area (Å²) < 4.78 is 10.8. The first-order valence-electron chi connectivity index (χ1n) is 6.58. The normalized spacial score (nSPS) is 24.9. The van der Waals surface area contributed by atoms with E-state index < -0.39 is 18.2 Å². The Labute approximate surface area is 115 Å². The van der Waals surface area contributed by atoms with Gasteiger partial charge < -0.3 is 19.5 Å². The number of benzene rings is 1. The summed E-state index contributed by atoms with van der Waals surface area (Å²) in [5.41, 5.74) is 0.602. The quantitative estimate of drug-likeness (QED) is 0.874. The monoisotopic (exact) mass is 277 g/mol. The predicted molar refractivity (Wildman–Crippen MR) is 69.8 cm³/mol. The molecule has 2 unspecified atom stereocenters. The molecule has 0 aromatic heterocycles. The lowest BCUT2D eigenvalue weighted by molar-refractivity contribution is -0.145. The van der Waals surface area contributed by atoms with Gasteiger partial charge in [-0.25, -0.2) is 4.79 Å². The molecule has 20 heavy (non-hydrogen) atoms. The highest BCUT2D eigenvalue weighted by atomic mass is 16.5. The maximum absolute atomic E-state index is 12.5. The first-order valence-corrected chi connectivity index (χ1v) is 6.58. The van der Waals surface area contributed by atoms with Gasteiger partial charge in [-0.05, 0) is 25.0 Å². The Morgan fingerprint density at radius 2 is 2.05 bits per heavy atom. The standard InChI is InChI=1S/C14H15NO5/c16-13(11-6-3-7-19-11)15-8-12(14(17)18)20-10-5-2-1-4-9(10)15/h1-2,4-5,11-12H,3,6-8H2,(H,17,18). The second-order valence-corrected chi connectivity index (χ2v) is 4.86. The summed E-state index contributed by atoms with van der Waals surface area (Å²) in [7, 11) is 0. The zero-order chi connectivity index (χ0) is 14.1. The Morgan fingerprint density at radius 1 is 1.25 bits per heavy atom. The predicted octanol–water partition coefficient (Wildman–Crippen LogP) is 1.04. The molecule has 0 bridgehead atoms. The van der Waals surface area contributed by atoms with E-state index in [1.54, 1.807) is 24.3 Å². The molecule has 1 aromatic rings. The van der Waals surface area contributed by atoms with Crippen molar-refractivity contribution in [2.75, 3.05) is 18.1 Å². The number of carbonyl (C=O) groups excluding carboxylic acids is 1. The molecule has 1 N–H and O–H groups in total. The molecular formula is C14H15NO5. The molecule has 6 heteroatoms. The average Bonchev–Trinajstić information content (AvgIpc) is 2.99. The van der Waals surface area contributed by atoms with Crippen molar-refractivity contribution in [1.82, 2.24) is 0 Å². The van der Waals surface area contributed by atoms with Gasteiger partial charge in [0.05, 0.1) is 12.2 Å². The topological polar surface area (TPSA) is 76.1 Å². The van der Waals surface area contributed by atoms with Crippen molar-refractivity contribution in [2.24, 2.45) is 0 Å². The number of amides is 1. The molecule has 2 atom stereocenters. The minimum Gasteiger partial charge on any atom is -0.478 e. The van der Waals surface area contributed by atoms with E-state index in [-0.39, 0.29) is 12.5 Å². The van der Waals surface area contributed by atoms with Gasteiger partial charge in [-0.2, -0.15) is 0 Å². The number of carboxylic acid groups (broad SMARTS) is 1. The number of aliphatic carboxylic acids is 1. The molecule has 3 rings (SSSR count). The molecule has 1 fully saturated rings. The summed E-state index contributed by atoms with van der Waals surface area (Å²) in [6, 6.07) is 6.96. The minimum absolute atomic E-state index is 0.00500. The summed E-state index contributed by atoms with van der Waals surface area (Å²) in [6.07, 6.45) is 0.00626. The van der Waals surface area contributed by atoms with Gasteiger partial charge in [-0.1, -0.05) is 12.1 Å². The Balaban J connectivity index is 1.91. The fourth-order valence-corrected chi connectivity index (χ4v) is 2.52. The van der Waals surface area contributed by atoms with Crippen LogP contribution in [0.1, 0.15) is 12.8 Å². The lowest BCUT2D eigenvalue weighted by atomic mass is 10.1. The lowest BCUT2D eigenvalue weighted by Crippen LogP contribution is -2.50. The first kappa shape index (κ1) is 12.9. The Bertz CT molecular complexity index is 538. The van der Waals surface area contributed by atoms with Crippen LogP contribution in [0, 0.1) is 0 Å². The fraction of sp³-hybridized carbons (Fsp3) is 0.429. The van der Waals surface area contributed by atoms with Crippen LogP contribution < -0.4 is 9.64 Å². The molecule has 1 amide bonds. The fourth-order valence-electron chi connectivity index (χ4n) is 2.52. The average molecular weight is 277 g/mol. The smallest absolute Gasteiger partial charge is 0.346 e. The van der Waals surface area contributed by atoms with Crippen molar-refractivity contribution in [3.8, 4) is 5.75 Å². The van der Waals surface area contributed by atoms with Crippen LogP contribution in [0.25, 0.3) is 0 Å². The van der Waals surface area contributed by atoms with Gasteiger partial charge in [-0.15, -0.1) is 0 Å². The number of hydrogen-bond donors (Lipinski definition) is 1. The van der Waals surface area contributed by atoms with Crippen molar-refractivity contribution in [3.05, 3.63) is 24.3 Å². The molecule has 2 heterocycles. The van der Waals surface area contributed by atoms with E-state index in [0.717, 1.165) is 6.42 Å². The van der Waals surface area contributed by atoms with Crippen LogP contribution in [-0.4, -0.2) is 42.3 Å². The molecule has 2 aliphatic rings. The first-order chi connectivity index (χ1) is 9.66. The number of para-hydroxylation sites is 2. The van der Waals surface area contributed by atoms with Crippen LogP contribution in [0.15, 0.2) is 24.3 Å². The SMILES string of the molecule is O=C(O)C1CN(C(=O)C2CCCO2)c2ccccc2O1. The summed E-state index contributed by atoms with van der Waals surface area (Å²) in [5.74, 6) is -0.855.